The molecule has 0 fully saturated rings. The third-order valence-electron chi connectivity index (χ3n) is 2.52. The first-order valence-electron chi connectivity index (χ1n) is 5.41. The maximum absolute atomic E-state index is 10.7. The smallest absolute Gasteiger partial charge is 0.153 e. The van der Waals surface area contributed by atoms with Crippen molar-refractivity contribution in [2.45, 2.75) is 0 Å². The molecule has 2 aromatic carbocycles. The van der Waals surface area contributed by atoms with Gasteiger partial charge in [-0.15, -0.1) is 0 Å². The van der Waals surface area contributed by atoms with Crippen LogP contribution in [0.5, 0.6) is 5.75 Å². The highest BCUT2D eigenvalue weighted by Crippen LogP contribution is 2.18. The van der Waals surface area contributed by atoms with Gasteiger partial charge in [-0.05, 0) is 35.4 Å². The van der Waals surface area contributed by atoms with E-state index in [2.05, 4.69) is 0 Å². The summed E-state index contributed by atoms with van der Waals surface area (Å²) in [4.78, 5) is 10.7. The first-order valence-corrected chi connectivity index (χ1v) is 5.79. The zero-order valence-electron chi connectivity index (χ0n) is 9.51. The summed E-state index contributed by atoms with van der Waals surface area (Å²) in [5.41, 5.74) is 2.15. The number of hydrogen-bond donors (Lipinski definition) is 1. The molecule has 0 spiro atoms. The normalized spacial score (nSPS) is 10.7. The van der Waals surface area contributed by atoms with Crippen molar-refractivity contribution in [2.75, 3.05) is 0 Å². The molecule has 0 aliphatic rings. The van der Waals surface area contributed by atoms with Gasteiger partial charge in [-0.25, -0.2) is 0 Å². The molecular formula is C15H11ClO2. The van der Waals surface area contributed by atoms with Crippen molar-refractivity contribution >= 4 is 30.0 Å². The van der Waals surface area contributed by atoms with E-state index in [0.29, 0.717) is 11.3 Å². The van der Waals surface area contributed by atoms with Crippen LogP contribution in [0.25, 0.3) is 12.2 Å². The Kier molecular flexibility index (Phi) is 3.80. The second-order valence-electron chi connectivity index (χ2n) is 3.82. The molecule has 2 nitrogen and oxygen atoms in total. The van der Waals surface area contributed by atoms with Crippen molar-refractivity contribution in [1.29, 1.82) is 0 Å². The highest BCUT2D eigenvalue weighted by molar-refractivity contribution is 6.30. The number of carbonyl (C=O) groups is 1. The van der Waals surface area contributed by atoms with Gasteiger partial charge in [0.1, 0.15) is 5.75 Å². The Hall–Kier alpha value is -2.06. The molecule has 0 saturated heterocycles. The van der Waals surface area contributed by atoms with Gasteiger partial charge < -0.3 is 5.11 Å². The van der Waals surface area contributed by atoms with Crippen molar-refractivity contribution in [1.82, 2.24) is 0 Å². The van der Waals surface area contributed by atoms with Gasteiger partial charge in [-0.3, -0.25) is 4.79 Å². The summed E-state index contributed by atoms with van der Waals surface area (Å²) in [6, 6.07) is 12.3. The second kappa shape index (κ2) is 5.52. The fourth-order valence-electron chi connectivity index (χ4n) is 1.54. The Labute approximate surface area is 110 Å². The lowest BCUT2D eigenvalue weighted by molar-refractivity contribution is 0.112. The minimum Gasteiger partial charge on any atom is -0.507 e. The summed E-state index contributed by atoms with van der Waals surface area (Å²) < 4.78 is 0. The zero-order chi connectivity index (χ0) is 13.0. The average molecular weight is 259 g/mol. The van der Waals surface area contributed by atoms with Crippen molar-refractivity contribution in [3.63, 3.8) is 0 Å². The van der Waals surface area contributed by atoms with E-state index >= 15 is 0 Å². The van der Waals surface area contributed by atoms with Crippen LogP contribution in [-0.4, -0.2) is 11.4 Å². The number of halogens is 1. The van der Waals surface area contributed by atoms with Gasteiger partial charge >= 0.3 is 0 Å². The van der Waals surface area contributed by atoms with Crippen LogP contribution in [0.3, 0.4) is 0 Å². The Morgan fingerprint density at radius 3 is 2.22 bits per heavy atom. The van der Waals surface area contributed by atoms with Crippen LogP contribution < -0.4 is 0 Å². The van der Waals surface area contributed by atoms with Crippen molar-refractivity contribution in [2.24, 2.45) is 0 Å². The third-order valence-corrected chi connectivity index (χ3v) is 2.77. The number of phenols is 1. The Morgan fingerprint density at radius 2 is 1.56 bits per heavy atom. The van der Waals surface area contributed by atoms with E-state index in [1.807, 2.05) is 36.4 Å². The lowest BCUT2D eigenvalue weighted by atomic mass is 10.1. The number of hydrogen-bond acceptors (Lipinski definition) is 2. The van der Waals surface area contributed by atoms with Crippen LogP contribution in [0, 0.1) is 0 Å². The molecule has 18 heavy (non-hydrogen) atoms. The largest absolute Gasteiger partial charge is 0.507 e. The lowest BCUT2D eigenvalue weighted by Crippen LogP contribution is -1.82. The van der Waals surface area contributed by atoms with Gasteiger partial charge in [0.05, 0.1) is 5.56 Å². The summed E-state index contributed by atoms with van der Waals surface area (Å²) in [6.07, 6.45) is 4.42. The molecular weight excluding hydrogens is 248 g/mol. The van der Waals surface area contributed by atoms with E-state index in [4.69, 9.17) is 11.6 Å². The monoisotopic (exact) mass is 258 g/mol. The Balaban J connectivity index is 2.23. The molecule has 0 aromatic heterocycles. The van der Waals surface area contributed by atoms with Crippen LogP contribution >= 0.6 is 11.6 Å². The van der Waals surface area contributed by atoms with Gasteiger partial charge in [0, 0.05) is 5.02 Å². The minimum absolute atomic E-state index is 0.00589. The molecule has 0 aliphatic carbocycles. The van der Waals surface area contributed by atoms with Gasteiger partial charge in [-0.2, -0.15) is 0 Å². The van der Waals surface area contributed by atoms with E-state index in [-0.39, 0.29) is 11.3 Å². The summed E-state index contributed by atoms with van der Waals surface area (Å²) in [5.74, 6) is -0.00589. The molecule has 3 heteroatoms. The van der Waals surface area contributed by atoms with Crippen LogP contribution in [0.4, 0.5) is 0 Å². The first kappa shape index (κ1) is 12.4. The topological polar surface area (TPSA) is 37.3 Å². The molecule has 0 amide bonds. The summed E-state index contributed by atoms with van der Waals surface area (Å²) in [6.45, 7) is 0. The van der Waals surface area contributed by atoms with Crippen LogP contribution in [-0.2, 0) is 0 Å². The molecule has 90 valence electrons. The minimum atomic E-state index is -0.00589. The van der Waals surface area contributed by atoms with Crippen LogP contribution in [0.15, 0.2) is 42.5 Å². The molecule has 0 unspecified atom stereocenters. The quantitative estimate of drug-likeness (QED) is 0.667. The molecule has 2 rings (SSSR count). The number of rotatable bonds is 3. The highest BCUT2D eigenvalue weighted by atomic mass is 35.5. The van der Waals surface area contributed by atoms with Crippen molar-refractivity contribution < 1.29 is 9.90 Å². The number of carbonyl (C=O) groups excluding carboxylic acids is 1. The molecule has 0 aliphatic heterocycles. The Bertz CT molecular complexity index is 586. The van der Waals surface area contributed by atoms with Crippen LogP contribution in [0.2, 0.25) is 5.02 Å². The summed E-state index contributed by atoms with van der Waals surface area (Å²) in [5, 5.41) is 10.1. The third kappa shape index (κ3) is 2.99. The van der Waals surface area contributed by atoms with Crippen molar-refractivity contribution in [3.05, 3.63) is 64.2 Å². The van der Waals surface area contributed by atoms with E-state index in [9.17, 15) is 9.90 Å². The molecule has 0 saturated carbocycles. The molecule has 0 atom stereocenters. The van der Waals surface area contributed by atoms with Crippen LogP contribution in [0.1, 0.15) is 21.5 Å². The van der Waals surface area contributed by atoms with Crippen molar-refractivity contribution in [3.8, 4) is 5.75 Å². The van der Waals surface area contributed by atoms with Gasteiger partial charge in [-0.1, -0.05) is 42.0 Å². The maximum Gasteiger partial charge on any atom is 0.153 e. The fraction of sp³-hybridized carbons (Fsp3) is 0. The second-order valence-corrected chi connectivity index (χ2v) is 4.26. The number of aromatic hydroxyl groups is 1. The number of phenolic OH excluding ortho intramolecular Hbond substituents is 1. The number of aldehydes is 1. The van der Waals surface area contributed by atoms with Gasteiger partial charge in [0.2, 0.25) is 0 Å². The predicted octanol–water partition coefficient (Wildman–Crippen LogP) is 4.03. The van der Waals surface area contributed by atoms with E-state index in [0.717, 1.165) is 11.1 Å². The van der Waals surface area contributed by atoms with E-state index < -0.39 is 0 Å². The van der Waals surface area contributed by atoms with E-state index in [1.165, 1.54) is 6.07 Å². The first-order chi connectivity index (χ1) is 8.69. The molecule has 0 radical (unpaired) electrons. The molecule has 0 heterocycles. The summed E-state index contributed by atoms with van der Waals surface area (Å²) in [7, 11) is 0. The Morgan fingerprint density at radius 1 is 0.944 bits per heavy atom. The molecule has 2 aromatic rings. The SMILES string of the molecule is O=Cc1cc(/C=C/c2ccc(Cl)cc2)ccc1O. The lowest BCUT2D eigenvalue weighted by Gasteiger charge is -1.99. The van der Waals surface area contributed by atoms with Gasteiger partial charge in [0.15, 0.2) is 6.29 Å². The average Bonchev–Trinajstić information content (AvgIpc) is 2.39. The van der Waals surface area contributed by atoms with Gasteiger partial charge in [0.25, 0.3) is 0 Å². The molecule has 0 bridgehead atoms. The number of benzene rings is 2. The molecule has 1 N–H and O–H groups in total. The maximum atomic E-state index is 10.7. The van der Waals surface area contributed by atoms with E-state index in [1.54, 1.807) is 12.1 Å². The standard InChI is InChI=1S/C15H11ClO2/c16-14-6-3-11(4-7-14)1-2-12-5-8-15(18)13(9-12)10-17/h1-10,18H/b2-1+. The summed E-state index contributed by atoms with van der Waals surface area (Å²) >= 11 is 5.80. The highest BCUT2D eigenvalue weighted by Gasteiger charge is 1.99. The zero-order valence-corrected chi connectivity index (χ0v) is 10.3. The fourth-order valence-corrected chi connectivity index (χ4v) is 1.66. The predicted molar refractivity (Wildman–Crippen MR) is 73.9 cm³/mol.